The van der Waals surface area contributed by atoms with E-state index in [4.69, 9.17) is 16.0 Å². The number of hydrogen-bond acceptors (Lipinski definition) is 4. The standard InChI is InChI=1S/C24H14ClF3N2OS/c1-14-2-4-15(5-3-14)21-13-32-23(30-21)16(12-29)10-18-7-9-22(31-18)19-11-17(24(26,27)28)6-8-20(19)25/h2-11,13H,1H3/b16-10+. The molecule has 4 rings (SSSR count). The highest BCUT2D eigenvalue weighted by atomic mass is 35.5. The molecule has 0 aliphatic heterocycles. The third kappa shape index (κ3) is 4.62. The first kappa shape index (κ1) is 21.9. The van der Waals surface area contributed by atoms with Crippen molar-refractivity contribution in [1.82, 2.24) is 4.98 Å². The van der Waals surface area contributed by atoms with Crippen LogP contribution in [-0.2, 0) is 6.18 Å². The number of thiazole rings is 1. The molecule has 0 radical (unpaired) electrons. The van der Waals surface area contributed by atoms with E-state index in [1.165, 1.54) is 29.5 Å². The fraction of sp³-hybridized carbons (Fsp3) is 0.0833. The third-order valence-electron chi connectivity index (χ3n) is 4.67. The number of allylic oxidation sites excluding steroid dienone is 1. The normalized spacial score (nSPS) is 12.1. The smallest absolute Gasteiger partial charge is 0.416 e. The monoisotopic (exact) mass is 470 g/mol. The average Bonchev–Trinajstić information content (AvgIpc) is 3.42. The Kier molecular flexibility index (Phi) is 5.92. The molecule has 0 amide bonds. The molecule has 0 bridgehead atoms. The summed E-state index contributed by atoms with van der Waals surface area (Å²) in [7, 11) is 0. The predicted molar refractivity (Wildman–Crippen MR) is 120 cm³/mol. The van der Waals surface area contributed by atoms with Gasteiger partial charge in [0, 0.05) is 22.6 Å². The maximum absolute atomic E-state index is 13.0. The second-order valence-electron chi connectivity index (χ2n) is 6.97. The molecule has 4 aromatic rings. The Labute approximate surface area is 191 Å². The fourth-order valence-electron chi connectivity index (χ4n) is 3.00. The van der Waals surface area contributed by atoms with E-state index in [9.17, 15) is 18.4 Å². The molecule has 0 atom stereocenters. The molecule has 0 spiro atoms. The fourth-order valence-corrected chi connectivity index (χ4v) is 4.01. The third-order valence-corrected chi connectivity index (χ3v) is 5.88. The van der Waals surface area contributed by atoms with Crippen LogP contribution in [0.2, 0.25) is 5.02 Å². The Morgan fingerprint density at radius 3 is 2.56 bits per heavy atom. The molecule has 0 N–H and O–H groups in total. The molecule has 2 heterocycles. The lowest BCUT2D eigenvalue weighted by Crippen LogP contribution is -2.04. The summed E-state index contributed by atoms with van der Waals surface area (Å²) < 4.78 is 44.8. The Morgan fingerprint density at radius 2 is 1.88 bits per heavy atom. The van der Waals surface area contributed by atoms with Crippen LogP contribution in [0.5, 0.6) is 0 Å². The number of rotatable bonds is 4. The van der Waals surface area contributed by atoms with E-state index >= 15 is 0 Å². The van der Waals surface area contributed by atoms with Crippen LogP contribution in [0.15, 0.2) is 64.4 Å². The van der Waals surface area contributed by atoms with E-state index in [0.29, 0.717) is 10.8 Å². The average molecular weight is 471 g/mol. The van der Waals surface area contributed by atoms with Crippen LogP contribution in [-0.4, -0.2) is 4.98 Å². The highest BCUT2D eigenvalue weighted by molar-refractivity contribution is 7.11. The Balaban J connectivity index is 1.64. The lowest BCUT2D eigenvalue weighted by Gasteiger charge is -2.09. The van der Waals surface area contributed by atoms with Gasteiger partial charge in [-0.1, -0.05) is 41.4 Å². The number of furan rings is 1. The largest absolute Gasteiger partial charge is 0.457 e. The Bertz CT molecular complexity index is 1340. The molecular weight excluding hydrogens is 457 g/mol. The van der Waals surface area contributed by atoms with E-state index < -0.39 is 11.7 Å². The predicted octanol–water partition coefficient (Wildman–Crippen LogP) is 8.11. The zero-order chi connectivity index (χ0) is 22.9. The van der Waals surface area contributed by atoms with E-state index in [-0.39, 0.29) is 21.9 Å². The van der Waals surface area contributed by atoms with Crippen LogP contribution < -0.4 is 0 Å². The van der Waals surface area contributed by atoms with Crippen LogP contribution in [0.1, 0.15) is 21.9 Å². The van der Waals surface area contributed by atoms with E-state index in [0.717, 1.165) is 29.0 Å². The van der Waals surface area contributed by atoms with Crippen LogP contribution in [0, 0.1) is 18.3 Å². The second-order valence-corrected chi connectivity index (χ2v) is 8.23. The molecule has 0 fully saturated rings. The number of halogens is 4. The SMILES string of the molecule is Cc1ccc(-c2csc(/C(C#N)=C/c3ccc(-c4cc(C(F)(F)F)ccc4Cl)o3)n2)cc1. The van der Waals surface area contributed by atoms with Gasteiger partial charge in [-0.15, -0.1) is 11.3 Å². The number of aryl methyl sites for hydroxylation is 1. The van der Waals surface area contributed by atoms with Gasteiger partial charge < -0.3 is 4.42 Å². The molecular formula is C24H14ClF3N2OS. The van der Waals surface area contributed by atoms with Crippen LogP contribution in [0.4, 0.5) is 13.2 Å². The van der Waals surface area contributed by atoms with E-state index in [1.54, 1.807) is 6.07 Å². The molecule has 0 saturated carbocycles. The highest BCUT2D eigenvalue weighted by Crippen LogP contribution is 2.37. The van der Waals surface area contributed by atoms with Crippen LogP contribution in [0.3, 0.4) is 0 Å². The van der Waals surface area contributed by atoms with Crippen molar-refractivity contribution in [3.63, 3.8) is 0 Å². The number of nitrogens with zero attached hydrogens (tertiary/aromatic N) is 2. The van der Waals surface area contributed by atoms with Gasteiger partial charge in [0.25, 0.3) is 0 Å². The first-order valence-corrected chi connectivity index (χ1v) is 10.6. The molecule has 2 aromatic heterocycles. The van der Waals surface area contributed by atoms with Gasteiger partial charge in [-0.3, -0.25) is 0 Å². The first-order valence-electron chi connectivity index (χ1n) is 9.36. The van der Waals surface area contributed by atoms with Gasteiger partial charge in [-0.2, -0.15) is 18.4 Å². The van der Waals surface area contributed by atoms with Crippen molar-refractivity contribution in [3.05, 3.63) is 86.9 Å². The van der Waals surface area contributed by atoms with Crippen molar-refractivity contribution < 1.29 is 17.6 Å². The molecule has 0 aliphatic rings. The molecule has 0 unspecified atom stereocenters. The topological polar surface area (TPSA) is 49.8 Å². The lowest BCUT2D eigenvalue weighted by atomic mass is 10.1. The van der Waals surface area contributed by atoms with Crippen molar-refractivity contribution in [2.45, 2.75) is 13.1 Å². The van der Waals surface area contributed by atoms with Crippen LogP contribution >= 0.6 is 22.9 Å². The molecule has 3 nitrogen and oxygen atoms in total. The first-order chi connectivity index (χ1) is 15.2. The van der Waals surface area contributed by atoms with Gasteiger partial charge in [0.15, 0.2) is 0 Å². The van der Waals surface area contributed by atoms with Gasteiger partial charge >= 0.3 is 6.18 Å². The van der Waals surface area contributed by atoms with Crippen molar-refractivity contribution in [1.29, 1.82) is 5.26 Å². The van der Waals surface area contributed by atoms with Crippen molar-refractivity contribution >= 4 is 34.6 Å². The van der Waals surface area contributed by atoms with Crippen LogP contribution in [0.25, 0.3) is 34.2 Å². The summed E-state index contributed by atoms with van der Waals surface area (Å²) in [6, 6.07) is 16.1. The lowest BCUT2D eigenvalue weighted by molar-refractivity contribution is -0.137. The minimum Gasteiger partial charge on any atom is -0.457 e. The number of hydrogen-bond donors (Lipinski definition) is 0. The number of aromatic nitrogens is 1. The van der Waals surface area contributed by atoms with E-state index in [1.807, 2.05) is 36.6 Å². The molecule has 8 heteroatoms. The van der Waals surface area contributed by atoms with Gasteiger partial charge in [0.2, 0.25) is 0 Å². The zero-order valence-electron chi connectivity index (χ0n) is 16.6. The van der Waals surface area contributed by atoms with Crippen molar-refractivity contribution in [2.75, 3.05) is 0 Å². The maximum atomic E-state index is 13.0. The van der Waals surface area contributed by atoms with E-state index in [2.05, 4.69) is 11.1 Å². The second kappa shape index (κ2) is 8.65. The van der Waals surface area contributed by atoms with Gasteiger partial charge in [0.1, 0.15) is 22.6 Å². The number of nitriles is 1. The minimum atomic E-state index is -4.50. The number of alkyl halides is 3. The van der Waals surface area contributed by atoms with Gasteiger partial charge in [-0.25, -0.2) is 4.98 Å². The molecule has 0 saturated heterocycles. The Morgan fingerprint density at radius 1 is 1.12 bits per heavy atom. The summed E-state index contributed by atoms with van der Waals surface area (Å²) in [5.41, 5.74) is 2.41. The van der Waals surface area contributed by atoms with Gasteiger partial charge in [-0.05, 0) is 37.3 Å². The zero-order valence-corrected chi connectivity index (χ0v) is 18.1. The summed E-state index contributed by atoms with van der Waals surface area (Å²) in [4.78, 5) is 4.54. The maximum Gasteiger partial charge on any atom is 0.416 e. The van der Waals surface area contributed by atoms with Gasteiger partial charge in [0.05, 0.1) is 21.9 Å². The summed E-state index contributed by atoms with van der Waals surface area (Å²) in [6.07, 6.45) is -2.99. The Hall–Kier alpha value is -3.34. The minimum absolute atomic E-state index is 0.121. The summed E-state index contributed by atoms with van der Waals surface area (Å²) >= 11 is 7.41. The quantitative estimate of drug-likeness (QED) is 0.283. The molecule has 32 heavy (non-hydrogen) atoms. The number of benzene rings is 2. The summed E-state index contributed by atoms with van der Waals surface area (Å²) in [5, 5.41) is 12.1. The molecule has 0 aliphatic carbocycles. The molecule has 160 valence electrons. The summed E-state index contributed by atoms with van der Waals surface area (Å²) in [6.45, 7) is 2.00. The molecule has 2 aromatic carbocycles. The van der Waals surface area contributed by atoms with Crippen molar-refractivity contribution in [2.24, 2.45) is 0 Å². The highest BCUT2D eigenvalue weighted by Gasteiger charge is 2.31. The van der Waals surface area contributed by atoms with Crippen molar-refractivity contribution in [3.8, 4) is 28.7 Å². The summed E-state index contributed by atoms with van der Waals surface area (Å²) in [5.74, 6) is 0.473.